The van der Waals surface area contributed by atoms with E-state index in [1.807, 2.05) is 11.4 Å². The second-order valence-corrected chi connectivity index (χ2v) is 6.00. The lowest BCUT2D eigenvalue weighted by Crippen LogP contribution is -2.30. The first-order valence-electron chi connectivity index (χ1n) is 6.41. The predicted octanol–water partition coefficient (Wildman–Crippen LogP) is 3.35. The number of carbonyl (C=O) groups excluding carboxylic acids is 1. The number of amides is 1. The molecule has 1 amide bonds. The lowest BCUT2D eigenvalue weighted by Gasteiger charge is -2.16. The molecule has 108 valence electrons. The first-order chi connectivity index (χ1) is 10.2. The molecule has 0 aliphatic heterocycles. The fourth-order valence-electron chi connectivity index (χ4n) is 2.14. The van der Waals surface area contributed by atoms with Crippen LogP contribution in [0, 0.1) is 0 Å². The molecule has 0 radical (unpaired) electrons. The molecule has 0 bridgehead atoms. The molecule has 3 N–H and O–H groups in total. The molecule has 0 fully saturated rings. The van der Waals surface area contributed by atoms with E-state index in [-0.39, 0.29) is 12.5 Å². The summed E-state index contributed by atoms with van der Waals surface area (Å²) in [6.07, 6.45) is 0. The molecule has 2 heterocycles. The molecule has 2 aromatic heterocycles. The number of nitrogens with one attached hydrogen (secondary N) is 2. The number of benzene rings is 1. The third-order valence-corrected chi connectivity index (χ3v) is 4.35. The molecule has 1 atom stereocenters. The highest BCUT2D eigenvalue weighted by molar-refractivity contribution is 7.16. The van der Waals surface area contributed by atoms with E-state index in [1.165, 1.54) is 0 Å². The van der Waals surface area contributed by atoms with Gasteiger partial charge in [0.2, 0.25) is 0 Å². The van der Waals surface area contributed by atoms with Crippen LogP contribution in [0.25, 0.3) is 10.2 Å². The van der Waals surface area contributed by atoms with Gasteiger partial charge in [0.1, 0.15) is 10.5 Å². The topological polar surface area (TPSA) is 65.1 Å². The molecule has 21 heavy (non-hydrogen) atoms. The van der Waals surface area contributed by atoms with Crippen molar-refractivity contribution >= 4 is 39.1 Å². The minimum Gasteiger partial charge on any atom is -0.394 e. The quantitative estimate of drug-likeness (QED) is 0.690. The van der Waals surface area contributed by atoms with Crippen LogP contribution in [0.3, 0.4) is 0 Å². The minimum absolute atomic E-state index is 0.178. The van der Waals surface area contributed by atoms with Gasteiger partial charge in [0.15, 0.2) is 0 Å². The summed E-state index contributed by atoms with van der Waals surface area (Å²) < 4.78 is 0. The number of thiophene rings is 1. The zero-order chi connectivity index (χ0) is 14.8. The van der Waals surface area contributed by atoms with Gasteiger partial charge >= 0.3 is 0 Å². The Hall–Kier alpha value is -1.82. The highest BCUT2D eigenvalue weighted by Gasteiger charge is 2.16. The van der Waals surface area contributed by atoms with Crippen LogP contribution in [0.4, 0.5) is 0 Å². The largest absolute Gasteiger partial charge is 0.394 e. The molecule has 0 aliphatic carbocycles. The summed E-state index contributed by atoms with van der Waals surface area (Å²) >= 11 is 7.39. The second-order valence-electron chi connectivity index (χ2n) is 4.65. The van der Waals surface area contributed by atoms with E-state index in [2.05, 4.69) is 10.3 Å². The maximum atomic E-state index is 12.2. The van der Waals surface area contributed by atoms with Gasteiger partial charge in [0.25, 0.3) is 5.91 Å². The number of fused-ring (bicyclic) bond motifs is 1. The van der Waals surface area contributed by atoms with Gasteiger partial charge in [-0.25, -0.2) is 0 Å². The van der Waals surface area contributed by atoms with E-state index in [0.29, 0.717) is 10.7 Å². The maximum Gasteiger partial charge on any atom is 0.268 e. The van der Waals surface area contributed by atoms with Crippen molar-refractivity contribution in [3.05, 3.63) is 58.1 Å². The second kappa shape index (κ2) is 5.89. The molecule has 3 aromatic rings. The van der Waals surface area contributed by atoms with Gasteiger partial charge < -0.3 is 15.4 Å². The van der Waals surface area contributed by atoms with Gasteiger partial charge in [-0.3, -0.25) is 4.79 Å². The lowest BCUT2D eigenvalue weighted by atomic mass is 10.1. The number of aliphatic hydroxyl groups is 1. The molecule has 0 saturated heterocycles. The summed E-state index contributed by atoms with van der Waals surface area (Å²) in [5.74, 6) is -0.243. The van der Waals surface area contributed by atoms with E-state index in [1.54, 1.807) is 41.7 Å². The first-order valence-corrected chi connectivity index (χ1v) is 7.66. The van der Waals surface area contributed by atoms with Crippen molar-refractivity contribution in [1.29, 1.82) is 0 Å². The Morgan fingerprint density at radius 1 is 1.33 bits per heavy atom. The standard InChI is InChI=1S/C15H13ClN2O2S/c16-11-3-1-9(2-4-11)13(8-19)17-14(20)12-7-10-5-6-21-15(10)18-12/h1-7,13,18-19H,8H2,(H,17,20)/t13-/m0/s1. The van der Waals surface area contributed by atoms with Crippen molar-refractivity contribution in [1.82, 2.24) is 10.3 Å². The van der Waals surface area contributed by atoms with Crippen LogP contribution < -0.4 is 5.32 Å². The van der Waals surface area contributed by atoms with Crippen LogP contribution >= 0.6 is 22.9 Å². The Morgan fingerprint density at radius 2 is 2.10 bits per heavy atom. The molecule has 3 rings (SSSR count). The van der Waals surface area contributed by atoms with Crippen LogP contribution in [-0.4, -0.2) is 22.6 Å². The van der Waals surface area contributed by atoms with E-state index < -0.39 is 6.04 Å². The average molecular weight is 321 g/mol. The molecule has 0 saturated carbocycles. The number of halogens is 1. The summed E-state index contributed by atoms with van der Waals surface area (Å²) in [6, 6.07) is 10.3. The highest BCUT2D eigenvalue weighted by atomic mass is 35.5. The van der Waals surface area contributed by atoms with Gasteiger partial charge in [-0.2, -0.15) is 0 Å². The van der Waals surface area contributed by atoms with Crippen molar-refractivity contribution in [3.63, 3.8) is 0 Å². The Bertz CT molecular complexity index is 735. The summed E-state index contributed by atoms with van der Waals surface area (Å²) in [6.45, 7) is -0.178. The van der Waals surface area contributed by atoms with E-state index in [4.69, 9.17) is 11.6 Å². The zero-order valence-corrected chi connectivity index (χ0v) is 12.5. The number of aromatic nitrogens is 1. The molecule has 6 heteroatoms. The number of aromatic amines is 1. The molecule has 0 aliphatic rings. The van der Waals surface area contributed by atoms with E-state index in [0.717, 1.165) is 15.8 Å². The summed E-state index contributed by atoms with van der Waals surface area (Å²) in [5.41, 5.74) is 1.30. The molecule has 4 nitrogen and oxygen atoms in total. The van der Waals surface area contributed by atoms with Gasteiger partial charge in [-0.05, 0) is 35.2 Å². The fourth-order valence-corrected chi connectivity index (χ4v) is 3.04. The number of hydrogen-bond acceptors (Lipinski definition) is 3. The van der Waals surface area contributed by atoms with Crippen LogP contribution in [0.15, 0.2) is 41.8 Å². The van der Waals surface area contributed by atoms with Crippen LogP contribution in [0.2, 0.25) is 5.02 Å². The third kappa shape index (κ3) is 2.95. The summed E-state index contributed by atoms with van der Waals surface area (Å²) in [4.78, 5) is 16.3. The average Bonchev–Trinajstić information content (AvgIpc) is 3.07. The summed E-state index contributed by atoms with van der Waals surface area (Å²) in [5, 5.41) is 15.9. The van der Waals surface area contributed by atoms with Crippen LogP contribution in [-0.2, 0) is 0 Å². The summed E-state index contributed by atoms with van der Waals surface area (Å²) in [7, 11) is 0. The van der Waals surface area contributed by atoms with E-state index >= 15 is 0 Å². The Morgan fingerprint density at radius 3 is 2.76 bits per heavy atom. The number of aliphatic hydroxyl groups excluding tert-OH is 1. The van der Waals surface area contributed by atoms with Crippen LogP contribution in [0.5, 0.6) is 0 Å². The number of hydrogen-bond donors (Lipinski definition) is 3. The minimum atomic E-state index is -0.462. The Kier molecular flexibility index (Phi) is 3.96. The molecule has 0 spiro atoms. The van der Waals surface area contributed by atoms with Crippen molar-refractivity contribution in [2.45, 2.75) is 6.04 Å². The zero-order valence-electron chi connectivity index (χ0n) is 11.0. The SMILES string of the molecule is O=C(N[C@@H](CO)c1ccc(Cl)cc1)c1cc2ccsc2[nH]1. The molecule has 0 unspecified atom stereocenters. The molecule has 1 aromatic carbocycles. The number of rotatable bonds is 4. The van der Waals surface area contributed by atoms with Gasteiger partial charge in [-0.1, -0.05) is 23.7 Å². The predicted molar refractivity (Wildman–Crippen MR) is 84.9 cm³/mol. The molecular weight excluding hydrogens is 308 g/mol. The van der Waals surface area contributed by atoms with Crippen molar-refractivity contribution in [2.75, 3.05) is 6.61 Å². The fraction of sp³-hybridized carbons (Fsp3) is 0.133. The third-order valence-electron chi connectivity index (χ3n) is 3.25. The van der Waals surface area contributed by atoms with Gasteiger partial charge in [-0.15, -0.1) is 11.3 Å². The van der Waals surface area contributed by atoms with Crippen molar-refractivity contribution in [3.8, 4) is 0 Å². The van der Waals surface area contributed by atoms with Crippen molar-refractivity contribution < 1.29 is 9.90 Å². The van der Waals surface area contributed by atoms with Gasteiger partial charge in [0.05, 0.1) is 12.6 Å². The number of carbonyl (C=O) groups is 1. The number of H-pyrrole nitrogens is 1. The smallest absolute Gasteiger partial charge is 0.268 e. The van der Waals surface area contributed by atoms with Crippen LogP contribution in [0.1, 0.15) is 22.1 Å². The van der Waals surface area contributed by atoms with E-state index in [9.17, 15) is 9.90 Å². The maximum absolute atomic E-state index is 12.2. The molecular formula is C15H13ClN2O2S. The highest BCUT2D eigenvalue weighted by Crippen LogP contribution is 2.22. The Labute approximate surface area is 130 Å². The monoisotopic (exact) mass is 320 g/mol. The van der Waals surface area contributed by atoms with Crippen molar-refractivity contribution in [2.24, 2.45) is 0 Å². The first kappa shape index (κ1) is 14.1. The Balaban J connectivity index is 1.78. The lowest BCUT2D eigenvalue weighted by molar-refractivity contribution is 0.0912. The normalized spacial score (nSPS) is 12.5. The van der Waals surface area contributed by atoms with Gasteiger partial charge in [0, 0.05) is 10.4 Å².